The topological polar surface area (TPSA) is 214 Å². The lowest BCUT2D eigenvalue weighted by Gasteiger charge is -2.42. The van der Waals surface area contributed by atoms with E-state index in [-0.39, 0.29) is 19.6 Å². The van der Waals surface area contributed by atoms with Crippen LogP contribution in [0.1, 0.15) is 110 Å². The molecule has 2 rings (SSSR count). The van der Waals surface area contributed by atoms with Crippen molar-refractivity contribution in [1.29, 1.82) is 0 Å². The molecule has 11 atom stereocenters. The molecule has 0 aliphatic carbocycles. The predicted molar refractivity (Wildman–Crippen MR) is 174 cm³/mol. The Morgan fingerprint density at radius 3 is 1.67 bits per heavy atom. The fourth-order valence-corrected chi connectivity index (χ4v) is 5.73. The van der Waals surface area contributed by atoms with Gasteiger partial charge in [-0.25, -0.2) is 0 Å². The molecule has 14 nitrogen and oxygen atoms in total. The van der Waals surface area contributed by atoms with Crippen molar-refractivity contribution in [3.05, 3.63) is 0 Å². The highest BCUT2D eigenvalue weighted by Gasteiger charge is 2.47. The minimum atomic E-state index is -1.69. The van der Waals surface area contributed by atoms with E-state index in [1.54, 1.807) is 0 Å². The predicted octanol–water partition coefficient (Wildman–Crippen LogP) is 1.45. The summed E-state index contributed by atoms with van der Waals surface area (Å²) in [5.41, 5.74) is 0. The molecule has 14 heteroatoms. The Balaban J connectivity index is 1.79. The van der Waals surface area contributed by atoms with Gasteiger partial charge >= 0.3 is 5.97 Å². The Labute approximate surface area is 285 Å². The van der Waals surface area contributed by atoms with Crippen LogP contribution in [0.4, 0.5) is 0 Å². The minimum absolute atomic E-state index is 0.0630. The van der Waals surface area contributed by atoms with Gasteiger partial charge in [-0.1, -0.05) is 90.9 Å². The lowest BCUT2D eigenvalue weighted by atomic mass is 9.98. The zero-order valence-corrected chi connectivity index (χ0v) is 29.0. The van der Waals surface area contributed by atoms with E-state index in [4.69, 9.17) is 28.4 Å². The van der Waals surface area contributed by atoms with Gasteiger partial charge in [-0.3, -0.25) is 4.79 Å². The van der Waals surface area contributed by atoms with E-state index in [9.17, 15) is 40.5 Å². The quantitative estimate of drug-likeness (QED) is 0.0504. The third kappa shape index (κ3) is 15.5. The van der Waals surface area contributed by atoms with E-state index in [1.807, 2.05) is 6.92 Å². The second kappa shape index (κ2) is 25.0. The number of esters is 1. The number of carbonyl (C=O) groups is 1. The van der Waals surface area contributed by atoms with E-state index in [2.05, 4.69) is 6.92 Å². The maximum Gasteiger partial charge on any atom is 0.306 e. The van der Waals surface area contributed by atoms with Crippen molar-refractivity contribution in [1.82, 2.24) is 0 Å². The zero-order chi connectivity index (χ0) is 35.3. The van der Waals surface area contributed by atoms with Crippen molar-refractivity contribution in [2.24, 2.45) is 0 Å². The number of unbranched alkanes of at least 4 members (excludes halogenated alkanes) is 12. The van der Waals surface area contributed by atoms with Crippen LogP contribution < -0.4 is 0 Å². The minimum Gasteiger partial charge on any atom is -0.457 e. The lowest BCUT2D eigenvalue weighted by Crippen LogP contribution is -2.61. The number of ether oxygens (including phenoxy) is 6. The number of carbonyl (C=O) groups excluding carboxylic acids is 1. The van der Waals surface area contributed by atoms with Gasteiger partial charge in [-0.05, 0) is 12.8 Å². The van der Waals surface area contributed by atoms with Crippen LogP contribution in [0.25, 0.3) is 0 Å². The van der Waals surface area contributed by atoms with Gasteiger partial charge in [-0.15, -0.1) is 0 Å². The first kappa shape index (κ1) is 43.2. The van der Waals surface area contributed by atoms with Crippen molar-refractivity contribution in [3.63, 3.8) is 0 Å². The average molecular weight is 697 g/mol. The molecule has 7 N–H and O–H groups in total. The Hall–Kier alpha value is -1.01. The Bertz CT molecular complexity index is 819. The molecule has 2 heterocycles. The Morgan fingerprint density at radius 2 is 1.10 bits per heavy atom. The normalized spacial score (nSPS) is 31.5. The van der Waals surface area contributed by atoms with Crippen LogP contribution in [-0.4, -0.2) is 142 Å². The van der Waals surface area contributed by atoms with Gasteiger partial charge in [0.2, 0.25) is 0 Å². The van der Waals surface area contributed by atoms with Gasteiger partial charge in [0, 0.05) is 13.0 Å². The van der Waals surface area contributed by atoms with Gasteiger partial charge in [-0.2, -0.15) is 0 Å². The molecule has 0 saturated carbocycles. The summed E-state index contributed by atoms with van der Waals surface area (Å²) in [7, 11) is 0. The lowest BCUT2D eigenvalue weighted by molar-refractivity contribution is -0.332. The van der Waals surface area contributed by atoms with E-state index in [0.29, 0.717) is 13.0 Å². The zero-order valence-electron chi connectivity index (χ0n) is 29.0. The third-order valence-electron chi connectivity index (χ3n) is 8.87. The molecule has 0 amide bonds. The first-order valence-corrected chi connectivity index (χ1v) is 18.1. The number of rotatable bonds is 26. The maximum atomic E-state index is 12.4. The molecular weight excluding hydrogens is 632 g/mol. The van der Waals surface area contributed by atoms with Crippen LogP contribution in [-0.2, 0) is 33.2 Å². The van der Waals surface area contributed by atoms with Gasteiger partial charge in [0.05, 0.1) is 26.4 Å². The molecule has 0 aromatic rings. The van der Waals surface area contributed by atoms with Gasteiger partial charge < -0.3 is 64.2 Å². The smallest absolute Gasteiger partial charge is 0.306 e. The summed E-state index contributed by atoms with van der Waals surface area (Å²) in [5.74, 6) is -0.411. The molecule has 0 aromatic heterocycles. The van der Waals surface area contributed by atoms with E-state index in [1.165, 1.54) is 57.8 Å². The van der Waals surface area contributed by atoms with Crippen LogP contribution in [0.15, 0.2) is 0 Å². The van der Waals surface area contributed by atoms with Crippen molar-refractivity contribution >= 4 is 5.97 Å². The van der Waals surface area contributed by atoms with Crippen LogP contribution in [0.5, 0.6) is 0 Å². The van der Waals surface area contributed by atoms with E-state index in [0.717, 1.165) is 25.7 Å². The maximum absolute atomic E-state index is 12.4. The van der Waals surface area contributed by atoms with Crippen LogP contribution in [0, 0.1) is 0 Å². The highest BCUT2D eigenvalue weighted by Crippen LogP contribution is 2.26. The second-order valence-electron chi connectivity index (χ2n) is 13.1. The van der Waals surface area contributed by atoms with Crippen LogP contribution >= 0.6 is 0 Å². The molecule has 2 fully saturated rings. The molecule has 2 aliphatic heterocycles. The van der Waals surface area contributed by atoms with Crippen molar-refractivity contribution in [3.8, 4) is 0 Å². The molecule has 0 radical (unpaired) electrons. The molecule has 284 valence electrons. The molecule has 0 bridgehead atoms. The first-order chi connectivity index (χ1) is 23.1. The highest BCUT2D eigenvalue weighted by atomic mass is 16.7. The van der Waals surface area contributed by atoms with E-state index >= 15 is 0 Å². The summed E-state index contributed by atoms with van der Waals surface area (Å²) in [6, 6.07) is 0. The van der Waals surface area contributed by atoms with Gasteiger partial charge in [0.1, 0.15) is 54.9 Å². The molecule has 2 aliphatic rings. The summed E-state index contributed by atoms with van der Waals surface area (Å²) in [5, 5.41) is 71.1. The third-order valence-corrected chi connectivity index (χ3v) is 8.87. The van der Waals surface area contributed by atoms with Crippen LogP contribution in [0.3, 0.4) is 0 Å². The fourth-order valence-electron chi connectivity index (χ4n) is 5.73. The monoisotopic (exact) mass is 696 g/mol. The van der Waals surface area contributed by atoms with Crippen molar-refractivity contribution < 1.29 is 69.0 Å². The summed E-state index contributed by atoms with van der Waals surface area (Å²) < 4.78 is 33.5. The number of hydrogen-bond acceptors (Lipinski definition) is 14. The average Bonchev–Trinajstić information content (AvgIpc) is 3.08. The number of aliphatic hydroxyl groups excluding tert-OH is 7. The summed E-state index contributed by atoms with van der Waals surface area (Å²) in [4.78, 5) is 12.4. The molecule has 0 aromatic carbocycles. The molecule has 48 heavy (non-hydrogen) atoms. The van der Waals surface area contributed by atoms with Gasteiger partial charge in [0.25, 0.3) is 0 Å². The number of hydrogen-bond donors (Lipinski definition) is 7. The molecule has 0 spiro atoms. The summed E-state index contributed by atoms with van der Waals surface area (Å²) >= 11 is 0. The summed E-state index contributed by atoms with van der Waals surface area (Å²) in [6.45, 7) is 3.40. The molecule has 2 saturated heterocycles. The Morgan fingerprint density at radius 1 is 0.604 bits per heavy atom. The SMILES string of the molecule is CCCCCCCCCCCCCCOCC(COC1OC(COC2OC(CO)C(O)C(O)C2O)C(O)C(O)C1O)OC(=O)CCCC. The van der Waals surface area contributed by atoms with Crippen molar-refractivity contribution in [2.45, 2.75) is 178 Å². The standard InChI is InChI=1S/C34H64O14/c1-3-5-7-8-9-10-11-12-13-14-15-16-18-43-20-23(46-26(36)17-6-4-2)21-44-33-32(42)30(40)28(38)25(48-33)22-45-34-31(41)29(39)27(37)24(19-35)47-34/h23-25,27-35,37-42H,3-22H2,1-2H3. The molecular formula is C34H64O14. The largest absolute Gasteiger partial charge is 0.457 e. The summed E-state index contributed by atoms with van der Waals surface area (Å²) in [6.07, 6.45) is 0.362. The second-order valence-corrected chi connectivity index (χ2v) is 13.1. The highest BCUT2D eigenvalue weighted by molar-refractivity contribution is 5.69. The van der Waals surface area contributed by atoms with E-state index < -0.39 is 86.7 Å². The fraction of sp³-hybridized carbons (Fsp3) is 0.971. The van der Waals surface area contributed by atoms with Gasteiger partial charge in [0.15, 0.2) is 12.6 Å². The number of aliphatic hydroxyl groups is 7. The Kier molecular flexibility index (Phi) is 22.5. The van der Waals surface area contributed by atoms with Crippen LogP contribution in [0.2, 0.25) is 0 Å². The molecule has 11 unspecified atom stereocenters. The van der Waals surface area contributed by atoms with Crippen molar-refractivity contribution in [2.75, 3.05) is 33.0 Å². The first-order valence-electron chi connectivity index (χ1n) is 18.1.